The summed E-state index contributed by atoms with van der Waals surface area (Å²) in [6, 6.07) is 11.1. The summed E-state index contributed by atoms with van der Waals surface area (Å²) >= 11 is 6.22. The predicted octanol–water partition coefficient (Wildman–Crippen LogP) is 5.05. The van der Waals surface area contributed by atoms with Crippen molar-refractivity contribution in [1.82, 2.24) is 10.2 Å². The Morgan fingerprint density at radius 3 is 2.61 bits per heavy atom. The topological polar surface area (TPSA) is 71.7 Å². The molecule has 3 aromatic rings. The van der Waals surface area contributed by atoms with Crippen LogP contribution in [0.25, 0.3) is 15.6 Å². The summed E-state index contributed by atoms with van der Waals surface area (Å²) in [4.78, 5) is 17.2. The third-order valence-corrected chi connectivity index (χ3v) is 5.47. The second kappa shape index (κ2) is 9.82. The molecule has 2 aromatic carbocycles. The Kier molecular flexibility index (Phi) is 7.16. The zero-order valence-corrected chi connectivity index (χ0v) is 18.5. The number of Topliss-reactive ketones (excluding diaryl/α,β-unsaturated/α-hetero) is 1. The first kappa shape index (κ1) is 22.6. The summed E-state index contributed by atoms with van der Waals surface area (Å²) in [7, 11) is 1.58. The van der Waals surface area contributed by atoms with Gasteiger partial charge in [-0.05, 0) is 23.8 Å². The molecule has 0 unspecified atom stereocenters. The third-order valence-electron chi connectivity index (χ3n) is 5.17. The molecular weight excluding hydrogens is 437 g/mol. The normalized spacial score (nSPS) is 13.5. The maximum Gasteiger partial charge on any atom is 0.188 e. The Bertz CT molecular complexity index is 1150. The monoisotopic (exact) mass is 457 g/mol. The Labute approximate surface area is 191 Å². The molecular formula is C22H21Cl2N5O2. The Balaban J connectivity index is 0.00000272. The van der Waals surface area contributed by atoms with E-state index in [0.717, 1.165) is 22.2 Å². The first-order valence-electron chi connectivity index (χ1n) is 9.60. The molecule has 1 saturated heterocycles. The van der Waals surface area contributed by atoms with Crippen LogP contribution >= 0.6 is 24.0 Å². The van der Waals surface area contributed by atoms with Gasteiger partial charge < -0.3 is 15.0 Å². The quantitative estimate of drug-likeness (QED) is 0.540. The van der Waals surface area contributed by atoms with Gasteiger partial charge in [-0.25, -0.2) is 4.85 Å². The number of methoxy groups -OCH3 is 1. The van der Waals surface area contributed by atoms with Crippen LogP contribution < -0.4 is 15.0 Å². The summed E-state index contributed by atoms with van der Waals surface area (Å²) in [5.74, 6) is 2.23. The molecule has 1 aliphatic heterocycles. The maximum atomic E-state index is 11.6. The number of anilines is 2. The Hall–Kier alpha value is -3.08. The molecule has 1 aliphatic rings. The van der Waals surface area contributed by atoms with Gasteiger partial charge in [0, 0.05) is 43.2 Å². The fourth-order valence-corrected chi connectivity index (χ4v) is 3.82. The number of aromatic nitrogens is 2. The van der Waals surface area contributed by atoms with Gasteiger partial charge in [0.15, 0.2) is 17.3 Å². The molecule has 31 heavy (non-hydrogen) atoms. The van der Waals surface area contributed by atoms with Gasteiger partial charge in [-0.15, -0.1) is 22.6 Å². The smallest absolute Gasteiger partial charge is 0.188 e. The van der Waals surface area contributed by atoms with E-state index in [4.69, 9.17) is 22.9 Å². The molecule has 160 valence electrons. The minimum absolute atomic E-state index is 0. The number of ether oxygens (including phenoxy) is 1. The van der Waals surface area contributed by atoms with Gasteiger partial charge in [-0.3, -0.25) is 4.79 Å². The molecule has 0 radical (unpaired) electrons. The zero-order chi connectivity index (χ0) is 21.1. The lowest BCUT2D eigenvalue weighted by Gasteiger charge is -2.28. The fraction of sp³-hybridized carbons (Fsp3) is 0.273. The summed E-state index contributed by atoms with van der Waals surface area (Å²) in [5.41, 5.74) is 1.50. The summed E-state index contributed by atoms with van der Waals surface area (Å²) < 4.78 is 5.19. The number of nitrogens with zero attached hydrogens (tertiary/aromatic N) is 4. The molecule has 2 heterocycles. The average molecular weight is 458 g/mol. The van der Waals surface area contributed by atoms with Gasteiger partial charge in [0.25, 0.3) is 0 Å². The molecule has 0 aliphatic carbocycles. The fourth-order valence-electron chi connectivity index (χ4n) is 3.54. The largest absolute Gasteiger partial charge is 0.495 e. The lowest BCUT2D eigenvalue weighted by molar-refractivity contribution is -0.119. The van der Waals surface area contributed by atoms with Crippen molar-refractivity contribution in [2.45, 2.75) is 19.4 Å². The van der Waals surface area contributed by atoms with E-state index in [1.54, 1.807) is 13.2 Å². The predicted molar refractivity (Wildman–Crippen MR) is 125 cm³/mol. The number of nitrogens with one attached hydrogen (secondary N) is 1. The van der Waals surface area contributed by atoms with E-state index in [2.05, 4.69) is 25.3 Å². The van der Waals surface area contributed by atoms with Crippen LogP contribution in [0.5, 0.6) is 5.75 Å². The average Bonchev–Trinajstić information content (AvgIpc) is 2.77. The number of halogens is 2. The number of hydrogen-bond donors (Lipinski definition) is 1. The Morgan fingerprint density at radius 2 is 1.94 bits per heavy atom. The van der Waals surface area contributed by atoms with Crippen molar-refractivity contribution in [3.05, 3.63) is 58.4 Å². The number of hydrogen-bond acceptors (Lipinski definition) is 6. The molecule has 1 fully saturated rings. The number of carbonyl (C=O) groups is 1. The van der Waals surface area contributed by atoms with Gasteiger partial charge in [0.05, 0.1) is 18.7 Å². The van der Waals surface area contributed by atoms with E-state index in [-0.39, 0.29) is 18.2 Å². The minimum Gasteiger partial charge on any atom is -0.495 e. The Morgan fingerprint density at radius 1 is 1.16 bits per heavy atom. The highest BCUT2D eigenvalue weighted by Crippen LogP contribution is 2.33. The van der Waals surface area contributed by atoms with E-state index >= 15 is 0 Å². The van der Waals surface area contributed by atoms with E-state index in [1.807, 2.05) is 30.3 Å². The maximum absolute atomic E-state index is 11.6. The van der Waals surface area contributed by atoms with Gasteiger partial charge in [0.1, 0.15) is 11.5 Å². The lowest BCUT2D eigenvalue weighted by Crippen LogP contribution is -2.34. The molecule has 0 amide bonds. The van der Waals surface area contributed by atoms with Crippen molar-refractivity contribution in [3.8, 4) is 5.75 Å². The van der Waals surface area contributed by atoms with Gasteiger partial charge in [-0.1, -0.05) is 29.8 Å². The minimum atomic E-state index is 0. The van der Waals surface area contributed by atoms with E-state index in [0.29, 0.717) is 54.8 Å². The number of rotatable bonds is 5. The molecule has 0 atom stereocenters. The van der Waals surface area contributed by atoms with E-state index in [1.165, 1.54) is 0 Å². The van der Waals surface area contributed by atoms with Crippen LogP contribution in [0.4, 0.5) is 17.3 Å². The number of ketones is 1. The number of carbonyl (C=O) groups excluding carboxylic acids is 1. The van der Waals surface area contributed by atoms with Crippen LogP contribution in [0.15, 0.2) is 36.4 Å². The molecule has 9 heteroatoms. The van der Waals surface area contributed by atoms with Crippen LogP contribution in [0, 0.1) is 6.57 Å². The van der Waals surface area contributed by atoms with Crippen molar-refractivity contribution in [2.24, 2.45) is 0 Å². The van der Waals surface area contributed by atoms with Gasteiger partial charge >= 0.3 is 0 Å². The second-order valence-corrected chi connectivity index (χ2v) is 7.47. The van der Waals surface area contributed by atoms with Crippen LogP contribution in [-0.4, -0.2) is 36.2 Å². The molecule has 7 nitrogen and oxygen atoms in total. The van der Waals surface area contributed by atoms with Crippen LogP contribution in [0.3, 0.4) is 0 Å². The van der Waals surface area contributed by atoms with Crippen molar-refractivity contribution in [2.75, 3.05) is 30.4 Å². The summed E-state index contributed by atoms with van der Waals surface area (Å²) in [5, 5.41) is 14.4. The van der Waals surface area contributed by atoms with Crippen LogP contribution in [0.1, 0.15) is 18.4 Å². The van der Waals surface area contributed by atoms with Crippen molar-refractivity contribution in [1.29, 1.82) is 0 Å². The molecule has 1 aromatic heterocycles. The van der Waals surface area contributed by atoms with Crippen LogP contribution in [0.2, 0.25) is 5.02 Å². The zero-order valence-electron chi connectivity index (χ0n) is 16.9. The van der Waals surface area contributed by atoms with Crippen molar-refractivity contribution < 1.29 is 9.53 Å². The van der Waals surface area contributed by atoms with E-state index in [9.17, 15) is 4.79 Å². The third kappa shape index (κ3) is 4.82. The second-order valence-electron chi connectivity index (χ2n) is 7.06. The van der Waals surface area contributed by atoms with E-state index < -0.39 is 0 Å². The molecule has 1 N–H and O–H groups in total. The number of benzene rings is 2. The standard InChI is InChI=1S/C22H20ClN5O2.ClH/c1-24-15-4-5-17-18(12-15)21(25-13-14-3-6-20(30-2)19(23)11-14)26-27-22(17)28-9-7-16(29)8-10-28;/h3-6,11-12H,7-10,13H2,2H3,(H,25,26);1H. The van der Waals surface area contributed by atoms with Gasteiger partial charge in [0.2, 0.25) is 0 Å². The molecule has 0 bridgehead atoms. The highest BCUT2D eigenvalue weighted by atomic mass is 35.5. The SMILES string of the molecule is Cl.[C-]#[N+]c1ccc2c(N3CCC(=O)CC3)nnc(NCc3ccc(OC)c(Cl)c3)c2c1. The first-order chi connectivity index (χ1) is 14.6. The highest BCUT2D eigenvalue weighted by molar-refractivity contribution is 6.32. The lowest BCUT2D eigenvalue weighted by atomic mass is 10.1. The summed E-state index contributed by atoms with van der Waals surface area (Å²) in [6.45, 7) is 9.11. The first-order valence-corrected chi connectivity index (χ1v) is 9.97. The summed E-state index contributed by atoms with van der Waals surface area (Å²) in [6.07, 6.45) is 1.03. The highest BCUT2D eigenvalue weighted by Gasteiger charge is 2.21. The number of piperidine rings is 1. The molecule has 0 saturated carbocycles. The molecule has 4 rings (SSSR count). The van der Waals surface area contributed by atoms with Gasteiger partial charge in [-0.2, -0.15) is 0 Å². The van der Waals surface area contributed by atoms with Crippen molar-refractivity contribution in [3.63, 3.8) is 0 Å². The molecule has 0 spiro atoms. The van der Waals surface area contributed by atoms with Crippen LogP contribution in [-0.2, 0) is 11.3 Å². The van der Waals surface area contributed by atoms with Crippen molar-refractivity contribution >= 4 is 57.9 Å². The number of fused-ring (bicyclic) bond motifs is 1.